The third kappa shape index (κ3) is 1.50. The molecule has 0 aromatic carbocycles. The van der Waals surface area contributed by atoms with Crippen LogP contribution in [0.25, 0.3) is 0 Å². The maximum absolute atomic E-state index is 2.36. The third-order valence-corrected chi connectivity index (χ3v) is 2.29. The topological polar surface area (TPSA) is 0 Å². The predicted octanol–water partition coefficient (Wildman–Crippen LogP) is 3.08. The summed E-state index contributed by atoms with van der Waals surface area (Å²) in [4.78, 5) is 0. The molecule has 0 aromatic rings. The first-order valence-electron chi connectivity index (χ1n) is 3.30. The summed E-state index contributed by atoms with van der Waals surface area (Å²) in [5.74, 6) is 2.03. The van der Waals surface area contributed by atoms with Crippen molar-refractivity contribution in [1.29, 1.82) is 0 Å². The lowest BCUT2D eigenvalue weighted by Crippen LogP contribution is -1.95. The molecule has 2 atom stereocenters. The van der Waals surface area contributed by atoms with E-state index >= 15 is 0 Å². The fourth-order valence-corrected chi connectivity index (χ4v) is 1.33. The van der Waals surface area contributed by atoms with E-state index in [0.717, 1.165) is 11.8 Å². The highest BCUT2D eigenvalue weighted by Crippen LogP contribution is 2.29. The maximum atomic E-state index is 2.36. The molecule has 0 heterocycles. The minimum absolute atomic E-state index is 0. The molecule has 0 bridgehead atoms. The molecule has 8 heavy (non-hydrogen) atoms. The molecule has 0 saturated heterocycles. The molecule has 0 spiro atoms. The van der Waals surface area contributed by atoms with Gasteiger partial charge < -0.3 is 0 Å². The van der Waals surface area contributed by atoms with Gasteiger partial charge >= 0.3 is 0 Å². The van der Waals surface area contributed by atoms with Crippen molar-refractivity contribution in [1.82, 2.24) is 0 Å². The van der Waals surface area contributed by atoms with Gasteiger partial charge in [-0.05, 0) is 11.8 Å². The highest BCUT2D eigenvalue weighted by atomic mass is 14.2. The summed E-state index contributed by atoms with van der Waals surface area (Å²) in [7, 11) is 0. The van der Waals surface area contributed by atoms with Crippen molar-refractivity contribution in [3.63, 3.8) is 0 Å². The molecule has 0 nitrogen and oxygen atoms in total. The second kappa shape index (κ2) is 3.11. The van der Waals surface area contributed by atoms with Crippen molar-refractivity contribution in [2.45, 2.75) is 40.5 Å². The molecule has 1 saturated carbocycles. The highest BCUT2D eigenvalue weighted by Gasteiger charge is 2.17. The quantitative estimate of drug-likeness (QED) is 0.454. The summed E-state index contributed by atoms with van der Waals surface area (Å²) >= 11 is 0. The van der Waals surface area contributed by atoms with Crippen LogP contribution >= 0.6 is 0 Å². The van der Waals surface area contributed by atoms with Crippen molar-refractivity contribution >= 4 is 0 Å². The third-order valence-electron chi connectivity index (χ3n) is 2.29. The summed E-state index contributed by atoms with van der Waals surface area (Å²) in [5.41, 5.74) is 0. The molecule has 0 aliphatic heterocycles. The minimum Gasteiger partial charge on any atom is -0.0776 e. The van der Waals surface area contributed by atoms with Crippen LogP contribution in [0.1, 0.15) is 40.5 Å². The first-order valence-corrected chi connectivity index (χ1v) is 3.30. The SMILES string of the molecule is C.CC1CCCC1C. The van der Waals surface area contributed by atoms with Gasteiger partial charge in [-0.25, -0.2) is 0 Å². The summed E-state index contributed by atoms with van der Waals surface area (Å²) < 4.78 is 0. The summed E-state index contributed by atoms with van der Waals surface area (Å²) in [5, 5.41) is 0. The van der Waals surface area contributed by atoms with E-state index in [9.17, 15) is 0 Å². The van der Waals surface area contributed by atoms with E-state index in [1.165, 1.54) is 19.3 Å². The monoisotopic (exact) mass is 114 g/mol. The first-order chi connectivity index (χ1) is 3.30. The minimum atomic E-state index is 0. The maximum Gasteiger partial charge on any atom is -0.0417 e. The number of rotatable bonds is 0. The van der Waals surface area contributed by atoms with Gasteiger partial charge in [0.15, 0.2) is 0 Å². The first kappa shape index (κ1) is 8.00. The van der Waals surface area contributed by atoms with Crippen LogP contribution in [0.5, 0.6) is 0 Å². The van der Waals surface area contributed by atoms with Gasteiger partial charge in [0.2, 0.25) is 0 Å². The van der Waals surface area contributed by atoms with Gasteiger partial charge in [0.05, 0.1) is 0 Å². The average Bonchev–Trinajstić information content (AvgIpc) is 1.91. The van der Waals surface area contributed by atoms with Gasteiger partial charge in [-0.2, -0.15) is 0 Å². The Kier molecular flexibility index (Phi) is 3.11. The van der Waals surface area contributed by atoms with Crippen LogP contribution < -0.4 is 0 Å². The van der Waals surface area contributed by atoms with Gasteiger partial charge in [-0.1, -0.05) is 40.5 Å². The summed E-state index contributed by atoms with van der Waals surface area (Å²) in [6, 6.07) is 0. The smallest absolute Gasteiger partial charge is 0.0417 e. The largest absolute Gasteiger partial charge is 0.0776 e. The Labute approximate surface area is 53.3 Å². The van der Waals surface area contributed by atoms with E-state index in [4.69, 9.17) is 0 Å². The van der Waals surface area contributed by atoms with E-state index in [0.29, 0.717) is 0 Å². The van der Waals surface area contributed by atoms with Gasteiger partial charge in [-0.3, -0.25) is 0 Å². The van der Waals surface area contributed by atoms with E-state index in [-0.39, 0.29) is 7.43 Å². The molecule has 2 unspecified atom stereocenters. The van der Waals surface area contributed by atoms with Gasteiger partial charge in [0, 0.05) is 0 Å². The zero-order valence-electron chi connectivity index (χ0n) is 5.28. The van der Waals surface area contributed by atoms with Crippen molar-refractivity contribution in [3.05, 3.63) is 0 Å². The van der Waals surface area contributed by atoms with Gasteiger partial charge in [0.25, 0.3) is 0 Å². The number of hydrogen-bond acceptors (Lipinski definition) is 0. The van der Waals surface area contributed by atoms with Crippen LogP contribution in [0.2, 0.25) is 0 Å². The Morgan fingerprint density at radius 2 is 1.38 bits per heavy atom. The number of hydrogen-bond donors (Lipinski definition) is 0. The fourth-order valence-electron chi connectivity index (χ4n) is 1.33. The zero-order chi connectivity index (χ0) is 5.28. The summed E-state index contributed by atoms with van der Waals surface area (Å²) in [6.07, 6.45) is 4.42. The van der Waals surface area contributed by atoms with Crippen molar-refractivity contribution in [2.75, 3.05) is 0 Å². The standard InChI is InChI=1S/C7H14.CH4/c1-6-4-3-5-7(6)2;/h6-7H,3-5H2,1-2H3;1H4. The van der Waals surface area contributed by atoms with Crippen LogP contribution in [0.4, 0.5) is 0 Å². The van der Waals surface area contributed by atoms with Crippen molar-refractivity contribution in [2.24, 2.45) is 11.8 Å². The Balaban J connectivity index is 0.000000490. The van der Waals surface area contributed by atoms with Crippen LogP contribution in [0.15, 0.2) is 0 Å². The molecule has 1 rings (SSSR count). The Morgan fingerprint density at radius 3 is 1.50 bits per heavy atom. The van der Waals surface area contributed by atoms with Crippen LogP contribution in [-0.2, 0) is 0 Å². The highest BCUT2D eigenvalue weighted by molar-refractivity contribution is 4.69. The molecule has 1 aliphatic carbocycles. The Morgan fingerprint density at radius 1 is 1.00 bits per heavy atom. The molecule has 50 valence electrons. The van der Waals surface area contributed by atoms with Crippen LogP contribution in [-0.4, -0.2) is 0 Å². The predicted molar refractivity (Wildman–Crippen MR) is 38.9 cm³/mol. The van der Waals surface area contributed by atoms with Gasteiger partial charge in [-0.15, -0.1) is 0 Å². The summed E-state index contributed by atoms with van der Waals surface area (Å²) in [6.45, 7) is 4.72. The molecule has 1 aliphatic rings. The molecule has 0 amide bonds. The molecule has 0 heteroatoms. The molecular formula is C8H18. The normalized spacial score (nSPS) is 36.8. The van der Waals surface area contributed by atoms with E-state index in [1.54, 1.807) is 0 Å². The van der Waals surface area contributed by atoms with Crippen LogP contribution in [0, 0.1) is 11.8 Å². The Hall–Kier alpha value is 0. The molecule has 0 aromatic heterocycles. The lowest BCUT2D eigenvalue weighted by Gasteiger charge is -2.05. The lowest BCUT2D eigenvalue weighted by atomic mass is 10.0. The zero-order valence-corrected chi connectivity index (χ0v) is 5.28. The molecule has 1 fully saturated rings. The fraction of sp³-hybridized carbons (Fsp3) is 1.00. The second-order valence-corrected chi connectivity index (χ2v) is 2.89. The van der Waals surface area contributed by atoms with E-state index in [2.05, 4.69) is 13.8 Å². The van der Waals surface area contributed by atoms with Crippen molar-refractivity contribution in [3.8, 4) is 0 Å². The van der Waals surface area contributed by atoms with Gasteiger partial charge in [0.1, 0.15) is 0 Å². The molecule has 0 N–H and O–H groups in total. The van der Waals surface area contributed by atoms with Crippen molar-refractivity contribution < 1.29 is 0 Å². The van der Waals surface area contributed by atoms with Crippen LogP contribution in [0.3, 0.4) is 0 Å². The average molecular weight is 114 g/mol. The molecular weight excluding hydrogens is 96.1 g/mol. The second-order valence-electron chi connectivity index (χ2n) is 2.89. The molecule has 0 radical (unpaired) electrons. The van der Waals surface area contributed by atoms with E-state index < -0.39 is 0 Å². The Bertz CT molecular complexity index is 49.1. The lowest BCUT2D eigenvalue weighted by molar-refractivity contribution is 0.457. The van der Waals surface area contributed by atoms with E-state index in [1.807, 2.05) is 0 Å².